The Morgan fingerprint density at radius 3 is 2.78 bits per heavy atom. The van der Waals surface area contributed by atoms with Gasteiger partial charge in [0.15, 0.2) is 5.75 Å². The van der Waals surface area contributed by atoms with Gasteiger partial charge < -0.3 is 10.4 Å². The number of phenolic OH excluding ortho intramolecular Hbond substituents is 1. The van der Waals surface area contributed by atoms with Crippen molar-refractivity contribution in [2.45, 2.75) is 19.3 Å². The lowest BCUT2D eigenvalue weighted by molar-refractivity contribution is -0.120. The van der Waals surface area contributed by atoms with Gasteiger partial charge in [0.1, 0.15) is 0 Å². The second kappa shape index (κ2) is 5.63. The molecular weight excluding hydrogens is 273 g/mol. The molecule has 1 aliphatic carbocycles. The first-order valence-corrected chi connectivity index (χ1v) is 6.47. The number of halogens is 2. The van der Waals surface area contributed by atoms with Crippen molar-refractivity contribution in [3.8, 4) is 5.75 Å². The maximum Gasteiger partial charge on any atom is 0.227 e. The SMILES string of the molecule is O=C(Nc1cc(Cl)cc(Cl)c1O)C1CC=CCC1. The van der Waals surface area contributed by atoms with E-state index in [0.717, 1.165) is 19.3 Å². The molecule has 0 fully saturated rings. The van der Waals surface area contributed by atoms with E-state index in [1.807, 2.05) is 6.08 Å². The van der Waals surface area contributed by atoms with Crippen LogP contribution in [-0.4, -0.2) is 11.0 Å². The van der Waals surface area contributed by atoms with E-state index in [4.69, 9.17) is 23.2 Å². The highest BCUT2D eigenvalue weighted by Crippen LogP contribution is 2.35. The fourth-order valence-corrected chi connectivity index (χ4v) is 2.42. The molecule has 1 atom stereocenters. The molecule has 0 heterocycles. The van der Waals surface area contributed by atoms with E-state index in [-0.39, 0.29) is 28.3 Å². The van der Waals surface area contributed by atoms with Gasteiger partial charge in [0.2, 0.25) is 5.91 Å². The first-order chi connectivity index (χ1) is 8.58. The monoisotopic (exact) mass is 285 g/mol. The molecule has 2 N–H and O–H groups in total. The van der Waals surface area contributed by atoms with E-state index in [9.17, 15) is 9.90 Å². The molecule has 0 aliphatic heterocycles. The third-order valence-electron chi connectivity index (χ3n) is 2.93. The normalized spacial score (nSPS) is 18.7. The number of phenols is 1. The number of allylic oxidation sites excluding steroid dienone is 2. The molecule has 1 unspecified atom stereocenters. The number of rotatable bonds is 2. The summed E-state index contributed by atoms with van der Waals surface area (Å²) >= 11 is 11.6. The molecule has 3 nitrogen and oxygen atoms in total. The number of carbonyl (C=O) groups excluding carboxylic acids is 1. The van der Waals surface area contributed by atoms with Crippen LogP contribution in [0.2, 0.25) is 10.0 Å². The van der Waals surface area contributed by atoms with Crippen molar-refractivity contribution in [3.63, 3.8) is 0 Å². The summed E-state index contributed by atoms with van der Waals surface area (Å²) in [7, 11) is 0. The van der Waals surface area contributed by atoms with Gasteiger partial charge in [-0.3, -0.25) is 4.79 Å². The molecule has 96 valence electrons. The number of hydrogen-bond acceptors (Lipinski definition) is 2. The first-order valence-electron chi connectivity index (χ1n) is 5.72. The number of hydrogen-bond donors (Lipinski definition) is 2. The van der Waals surface area contributed by atoms with Gasteiger partial charge in [-0.05, 0) is 31.4 Å². The van der Waals surface area contributed by atoms with Crippen molar-refractivity contribution in [2.75, 3.05) is 5.32 Å². The number of carbonyl (C=O) groups is 1. The maximum atomic E-state index is 12.0. The molecule has 0 saturated carbocycles. The fraction of sp³-hybridized carbons (Fsp3) is 0.308. The number of amides is 1. The second-order valence-electron chi connectivity index (χ2n) is 4.25. The molecule has 0 spiro atoms. The van der Waals surface area contributed by atoms with Crippen molar-refractivity contribution < 1.29 is 9.90 Å². The predicted molar refractivity (Wildman–Crippen MR) is 73.2 cm³/mol. The van der Waals surface area contributed by atoms with E-state index >= 15 is 0 Å². The van der Waals surface area contributed by atoms with Gasteiger partial charge in [0.05, 0.1) is 10.7 Å². The molecule has 0 bridgehead atoms. The van der Waals surface area contributed by atoms with Crippen molar-refractivity contribution >= 4 is 34.8 Å². The number of benzene rings is 1. The molecule has 1 aliphatic rings. The van der Waals surface area contributed by atoms with Gasteiger partial charge in [-0.2, -0.15) is 0 Å². The van der Waals surface area contributed by atoms with Gasteiger partial charge in [-0.15, -0.1) is 0 Å². The molecule has 2 rings (SSSR count). The average Bonchev–Trinajstić information content (AvgIpc) is 2.36. The van der Waals surface area contributed by atoms with E-state index < -0.39 is 0 Å². The lowest BCUT2D eigenvalue weighted by Gasteiger charge is -2.18. The van der Waals surface area contributed by atoms with Crippen molar-refractivity contribution in [3.05, 3.63) is 34.3 Å². The highest BCUT2D eigenvalue weighted by atomic mass is 35.5. The summed E-state index contributed by atoms with van der Waals surface area (Å²) < 4.78 is 0. The van der Waals surface area contributed by atoms with E-state index in [0.29, 0.717) is 5.02 Å². The summed E-state index contributed by atoms with van der Waals surface area (Å²) in [5.74, 6) is -0.332. The number of aromatic hydroxyl groups is 1. The Kier molecular flexibility index (Phi) is 4.15. The highest BCUT2D eigenvalue weighted by molar-refractivity contribution is 6.36. The predicted octanol–water partition coefficient (Wildman–Crippen LogP) is 3.99. The standard InChI is InChI=1S/C13H13Cl2NO2/c14-9-6-10(15)12(17)11(7-9)16-13(18)8-4-2-1-3-5-8/h1-2,6-8,17H,3-5H2,(H,16,18). The Bertz CT molecular complexity index is 500. The fourth-order valence-electron chi connectivity index (χ4n) is 1.93. The van der Waals surface area contributed by atoms with E-state index in [2.05, 4.69) is 11.4 Å². The molecule has 5 heteroatoms. The Hall–Kier alpha value is -1.19. The van der Waals surface area contributed by atoms with Gasteiger partial charge in [-0.25, -0.2) is 0 Å². The van der Waals surface area contributed by atoms with Gasteiger partial charge >= 0.3 is 0 Å². The Morgan fingerprint density at radius 1 is 1.33 bits per heavy atom. The van der Waals surface area contributed by atoms with Crippen LogP contribution in [0.15, 0.2) is 24.3 Å². The van der Waals surface area contributed by atoms with Crippen LogP contribution in [0.5, 0.6) is 5.75 Å². The van der Waals surface area contributed by atoms with Crippen LogP contribution in [0.3, 0.4) is 0 Å². The summed E-state index contributed by atoms with van der Waals surface area (Å²) in [5, 5.41) is 12.9. The second-order valence-corrected chi connectivity index (χ2v) is 5.10. The minimum absolute atomic E-state index is 0.0628. The average molecular weight is 286 g/mol. The van der Waals surface area contributed by atoms with Crippen molar-refractivity contribution in [1.82, 2.24) is 0 Å². The molecule has 0 radical (unpaired) electrons. The Labute approximate surface area is 115 Å². The lowest BCUT2D eigenvalue weighted by atomic mass is 9.93. The Balaban J connectivity index is 2.13. The third kappa shape index (κ3) is 2.98. The number of nitrogens with one attached hydrogen (secondary N) is 1. The minimum atomic E-state index is -0.152. The molecule has 1 aromatic rings. The van der Waals surface area contributed by atoms with Crippen LogP contribution in [0.1, 0.15) is 19.3 Å². The van der Waals surface area contributed by atoms with Crippen molar-refractivity contribution in [2.24, 2.45) is 5.92 Å². The van der Waals surface area contributed by atoms with Gasteiger partial charge in [-0.1, -0.05) is 35.4 Å². The molecule has 0 saturated heterocycles. The maximum absolute atomic E-state index is 12.0. The van der Waals surface area contributed by atoms with Crippen LogP contribution >= 0.6 is 23.2 Å². The minimum Gasteiger partial charge on any atom is -0.504 e. The van der Waals surface area contributed by atoms with Crippen LogP contribution in [-0.2, 0) is 4.79 Å². The number of anilines is 1. The lowest BCUT2D eigenvalue weighted by Crippen LogP contribution is -2.23. The molecule has 0 aromatic heterocycles. The van der Waals surface area contributed by atoms with Crippen molar-refractivity contribution in [1.29, 1.82) is 0 Å². The summed E-state index contributed by atoms with van der Waals surface area (Å²) in [6.45, 7) is 0. The summed E-state index contributed by atoms with van der Waals surface area (Å²) in [4.78, 5) is 12.0. The highest BCUT2D eigenvalue weighted by Gasteiger charge is 2.20. The van der Waals surface area contributed by atoms with E-state index in [1.165, 1.54) is 12.1 Å². The zero-order valence-electron chi connectivity index (χ0n) is 9.62. The van der Waals surface area contributed by atoms with Gasteiger partial charge in [0, 0.05) is 10.9 Å². The van der Waals surface area contributed by atoms with Crippen LogP contribution < -0.4 is 5.32 Å². The smallest absolute Gasteiger partial charge is 0.227 e. The topological polar surface area (TPSA) is 49.3 Å². The summed E-state index contributed by atoms with van der Waals surface area (Å²) in [6.07, 6.45) is 6.51. The third-order valence-corrected chi connectivity index (χ3v) is 3.43. The zero-order valence-corrected chi connectivity index (χ0v) is 11.1. The Morgan fingerprint density at radius 2 is 2.11 bits per heavy atom. The van der Waals surface area contributed by atoms with Crippen LogP contribution in [0.25, 0.3) is 0 Å². The van der Waals surface area contributed by atoms with Gasteiger partial charge in [0.25, 0.3) is 0 Å². The largest absolute Gasteiger partial charge is 0.504 e. The van der Waals surface area contributed by atoms with Crippen LogP contribution in [0, 0.1) is 5.92 Å². The first kappa shape index (κ1) is 13.2. The zero-order chi connectivity index (χ0) is 13.1. The molecule has 1 amide bonds. The van der Waals surface area contributed by atoms with E-state index in [1.54, 1.807) is 0 Å². The summed E-state index contributed by atoms with van der Waals surface area (Å²) in [6, 6.07) is 2.91. The van der Waals surface area contributed by atoms with Crippen LogP contribution in [0.4, 0.5) is 5.69 Å². The summed E-state index contributed by atoms with van der Waals surface area (Å²) in [5.41, 5.74) is 0.257. The molecule has 18 heavy (non-hydrogen) atoms. The quantitative estimate of drug-likeness (QED) is 0.638. The molecule has 1 aromatic carbocycles. The molecular formula is C13H13Cl2NO2.